The van der Waals surface area contributed by atoms with Crippen LogP contribution in [-0.2, 0) is 16.1 Å². The highest BCUT2D eigenvalue weighted by Crippen LogP contribution is 2.31. The number of primary amides is 1. The minimum absolute atomic E-state index is 0.00800. The molecule has 0 aliphatic carbocycles. The molecule has 2 atom stereocenters. The van der Waals surface area contributed by atoms with E-state index in [1.165, 1.54) is 24.4 Å². The van der Waals surface area contributed by atoms with Crippen LogP contribution in [0.25, 0.3) is 0 Å². The van der Waals surface area contributed by atoms with Crippen molar-refractivity contribution in [2.24, 2.45) is 5.73 Å². The number of carbonyl (C=O) groups excluding carboxylic acids is 3. The van der Waals surface area contributed by atoms with E-state index in [0.717, 1.165) is 31.5 Å². The van der Waals surface area contributed by atoms with Gasteiger partial charge in [-0.2, -0.15) is 0 Å². The first kappa shape index (κ1) is 23.9. The van der Waals surface area contributed by atoms with E-state index in [2.05, 4.69) is 15.2 Å². The van der Waals surface area contributed by atoms with Gasteiger partial charge in [-0.1, -0.05) is 23.7 Å². The Bertz CT molecular complexity index is 1070. The number of carbonyl (C=O) groups is 3. The molecule has 1 aromatic carbocycles. The number of pyridine rings is 1. The Labute approximate surface area is 201 Å². The topological polar surface area (TPSA) is 118 Å². The first-order chi connectivity index (χ1) is 16.3. The number of nitrogens with two attached hydrogens (primary N) is 1. The van der Waals surface area contributed by atoms with Crippen LogP contribution in [0, 0.1) is 5.82 Å². The summed E-state index contributed by atoms with van der Waals surface area (Å²) in [6.07, 6.45) is 3.11. The van der Waals surface area contributed by atoms with E-state index in [4.69, 9.17) is 22.1 Å². The molecule has 2 saturated heterocycles. The summed E-state index contributed by atoms with van der Waals surface area (Å²) in [5, 5.41) is 2.56. The fourth-order valence-corrected chi connectivity index (χ4v) is 4.70. The Morgan fingerprint density at radius 1 is 1.18 bits per heavy atom. The summed E-state index contributed by atoms with van der Waals surface area (Å²) in [5.74, 6) is -1.83. The molecule has 0 saturated carbocycles. The SMILES string of the molecule is NC(=O)CNC(=O)c1cc(Cl)cnc1OCC(=O)N1C2CCC1CN(Cc1ccc(F)cc1)C2. The molecule has 1 aromatic heterocycles. The molecule has 11 heteroatoms. The maximum Gasteiger partial charge on any atom is 0.261 e. The zero-order valence-corrected chi connectivity index (χ0v) is 19.1. The molecule has 180 valence electrons. The lowest BCUT2D eigenvalue weighted by atomic mass is 10.1. The molecule has 2 fully saturated rings. The molecule has 0 radical (unpaired) electrons. The standard InChI is InChI=1S/C23H25ClFN5O4/c24-15-7-19(22(33)27-9-20(26)31)23(28-8-15)34-13-21(32)30-17-5-6-18(30)12-29(11-17)10-14-1-3-16(25)4-2-14/h1-4,7-8,17-18H,5-6,9-13H2,(H2,26,31)(H,27,33). The van der Waals surface area contributed by atoms with E-state index in [9.17, 15) is 18.8 Å². The summed E-state index contributed by atoms with van der Waals surface area (Å²) < 4.78 is 18.8. The number of hydrogen-bond acceptors (Lipinski definition) is 6. The molecule has 3 heterocycles. The predicted octanol–water partition coefficient (Wildman–Crippen LogP) is 1.34. The van der Waals surface area contributed by atoms with Crippen LogP contribution in [0.3, 0.4) is 0 Å². The van der Waals surface area contributed by atoms with Gasteiger partial charge in [0.1, 0.15) is 11.4 Å². The molecular formula is C23H25ClFN5O4. The van der Waals surface area contributed by atoms with Gasteiger partial charge in [0.05, 0.1) is 11.6 Å². The van der Waals surface area contributed by atoms with Gasteiger partial charge >= 0.3 is 0 Å². The Kier molecular flexibility index (Phi) is 7.28. The molecular weight excluding hydrogens is 465 g/mol. The van der Waals surface area contributed by atoms with E-state index < -0.39 is 11.8 Å². The molecule has 2 bridgehead atoms. The lowest BCUT2D eigenvalue weighted by molar-refractivity contribution is -0.139. The molecule has 4 rings (SSSR count). The van der Waals surface area contributed by atoms with Crippen molar-refractivity contribution in [1.29, 1.82) is 0 Å². The van der Waals surface area contributed by atoms with Crippen molar-refractivity contribution < 1.29 is 23.5 Å². The molecule has 3 N–H and O–H groups in total. The van der Waals surface area contributed by atoms with Gasteiger partial charge in [-0.25, -0.2) is 9.37 Å². The average molecular weight is 490 g/mol. The molecule has 3 amide bonds. The molecule has 2 aliphatic heterocycles. The van der Waals surface area contributed by atoms with Gasteiger partial charge < -0.3 is 20.7 Å². The number of benzene rings is 1. The van der Waals surface area contributed by atoms with Gasteiger partial charge in [0.25, 0.3) is 11.8 Å². The Morgan fingerprint density at radius 2 is 1.85 bits per heavy atom. The van der Waals surface area contributed by atoms with Gasteiger partial charge in [0.2, 0.25) is 11.8 Å². The van der Waals surface area contributed by atoms with Gasteiger partial charge in [-0.05, 0) is 36.6 Å². The van der Waals surface area contributed by atoms with Crippen molar-refractivity contribution in [1.82, 2.24) is 20.1 Å². The number of nitrogens with one attached hydrogen (secondary N) is 1. The third-order valence-electron chi connectivity index (χ3n) is 5.98. The molecule has 2 unspecified atom stereocenters. The van der Waals surface area contributed by atoms with Crippen molar-refractivity contribution in [3.63, 3.8) is 0 Å². The smallest absolute Gasteiger partial charge is 0.261 e. The minimum Gasteiger partial charge on any atom is -0.467 e. The largest absolute Gasteiger partial charge is 0.467 e. The highest BCUT2D eigenvalue weighted by molar-refractivity contribution is 6.30. The lowest BCUT2D eigenvalue weighted by Crippen LogP contribution is -2.56. The lowest BCUT2D eigenvalue weighted by Gasteiger charge is -2.41. The van der Waals surface area contributed by atoms with E-state index in [1.807, 2.05) is 4.90 Å². The predicted molar refractivity (Wildman–Crippen MR) is 122 cm³/mol. The van der Waals surface area contributed by atoms with Crippen molar-refractivity contribution in [2.45, 2.75) is 31.5 Å². The molecule has 2 aromatic rings. The number of aromatic nitrogens is 1. The third-order valence-corrected chi connectivity index (χ3v) is 6.19. The average Bonchev–Trinajstić information content (AvgIpc) is 3.08. The highest BCUT2D eigenvalue weighted by atomic mass is 35.5. The summed E-state index contributed by atoms with van der Waals surface area (Å²) in [5.41, 5.74) is 6.10. The van der Waals surface area contributed by atoms with E-state index in [-0.39, 0.29) is 53.4 Å². The summed E-state index contributed by atoms with van der Waals surface area (Å²) in [4.78, 5) is 44.5. The van der Waals surface area contributed by atoms with E-state index >= 15 is 0 Å². The van der Waals surface area contributed by atoms with Crippen LogP contribution < -0.4 is 15.8 Å². The summed E-state index contributed by atoms with van der Waals surface area (Å²) in [6.45, 7) is 1.51. The first-order valence-corrected chi connectivity index (χ1v) is 11.3. The van der Waals surface area contributed by atoms with Crippen LogP contribution >= 0.6 is 11.6 Å². The van der Waals surface area contributed by atoms with Crippen molar-refractivity contribution in [3.8, 4) is 5.88 Å². The zero-order valence-electron chi connectivity index (χ0n) is 18.4. The number of likely N-dealkylation sites (tertiary alicyclic amines) is 1. The summed E-state index contributed by atoms with van der Waals surface area (Å²) in [6, 6.07) is 7.93. The number of nitrogens with zero attached hydrogens (tertiary/aromatic N) is 3. The molecule has 9 nitrogen and oxygen atoms in total. The van der Waals surface area contributed by atoms with E-state index in [0.29, 0.717) is 6.54 Å². The quantitative estimate of drug-likeness (QED) is 0.578. The molecule has 0 spiro atoms. The van der Waals surface area contributed by atoms with Crippen LogP contribution in [-0.4, -0.2) is 70.8 Å². The Balaban J connectivity index is 1.36. The van der Waals surface area contributed by atoms with Crippen LogP contribution in [0.2, 0.25) is 5.02 Å². The normalized spacial score (nSPS) is 19.6. The van der Waals surface area contributed by atoms with Gasteiger partial charge in [-0.15, -0.1) is 0 Å². The number of amides is 3. The highest BCUT2D eigenvalue weighted by Gasteiger charge is 2.42. The monoisotopic (exact) mass is 489 g/mol. The number of piperazine rings is 1. The third kappa shape index (κ3) is 5.63. The number of rotatable bonds is 8. The maximum absolute atomic E-state index is 13.2. The van der Waals surface area contributed by atoms with E-state index in [1.54, 1.807) is 12.1 Å². The number of fused-ring (bicyclic) bond motifs is 2. The number of halogens is 2. The Hall–Kier alpha value is -3.24. The summed E-state index contributed by atoms with van der Waals surface area (Å²) >= 11 is 5.95. The zero-order chi connectivity index (χ0) is 24.2. The van der Waals surface area contributed by atoms with Crippen molar-refractivity contribution in [2.75, 3.05) is 26.2 Å². The first-order valence-electron chi connectivity index (χ1n) is 10.9. The van der Waals surface area contributed by atoms with Gasteiger partial charge in [0.15, 0.2) is 6.61 Å². The number of ether oxygens (including phenoxy) is 1. The molecule has 2 aliphatic rings. The fourth-order valence-electron chi connectivity index (χ4n) is 4.55. The van der Waals surface area contributed by atoms with Gasteiger partial charge in [0, 0.05) is 37.9 Å². The van der Waals surface area contributed by atoms with Crippen LogP contribution in [0.1, 0.15) is 28.8 Å². The van der Waals surface area contributed by atoms with Gasteiger partial charge in [-0.3, -0.25) is 19.3 Å². The second-order valence-corrected chi connectivity index (χ2v) is 8.89. The fraction of sp³-hybridized carbons (Fsp3) is 0.391. The van der Waals surface area contributed by atoms with Crippen LogP contribution in [0.4, 0.5) is 4.39 Å². The second kappa shape index (κ2) is 10.4. The minimum atomic E-state index is -0.699. The second-order valence-electron chi connectivity index (χ2n) is 8.45. The van der Waals surface area contributed by atoms with Crippen molar-refractivity contribution in [3.05, 3.63) is 58.5 Å². The van der Waals surface area contributed by atoms with Crippen LogP contribution in [0.5, 0.6) is 5.88 Å². The Morgan fingerprint density at radius 3 is 2.50 bits per heavy atom. The van der Waals surface area contributed by atoms with Crippen LogP contribution in [0.15, 0.2) is 36.5 Å². The number of hydrogen-bond donors (Lipinski definition) is 2. The maximum atomic E-state index is 13.2. The summed E-state index contributed by atoms with van der Waals surface area (Å²) in [7, 11) is 0. The van der Waals surface area contributed by atoms with Crippen molar-refractivity contribution >= 4 is 29.3 Å². The molecule has 34 heavy (non-hydrogen) atoms.